The van der Waals surface area contributed by atoms with E-state index in [1.54, 1.807) is 32.3 Å². The highest BCUT2D eigenvalue weighted by atomic mass is 16.3. The van der Waals surface area contributed by atoms with Crippen molar-refractivity contribution in [2.45, 2.75) is 31.4 Å². The SMILES string of the molecule is CC(=O)C1=C(O)[C@@]2(O)C(=O)C3=C(O)c4c(O)ccc(-c5ccco5)c4C[C@H]3C[C@H]2[C@H](N(C)C)C1=O. The van der Waals surface area contributed by atoms with Gasteiger partial charge in [0.15, 0.2) is 17.2 Å². The first kappa shape index (κ1) is 23.1. The number of aromatic hydroxyl groups is 1. The van der Waals surface area contributed by atoms with Crippen molar-refractivity contribution in [3.8, 4) is 17.1 Å². The van der Waals surface area contributed by atoms with Crippen molar-refractivity contribution < 1.29 is 39.2 Å². The van der Waals surface area contributed by atoms with Gasteiger partial charge in [0.1, 0.15) is 28.6 Å². The fourth-order valence-corrected chi connectivity index (χ4v) is 6.01. The van der Waals surface area contributed by atoms with E-state index in [-0.39, 0.29) is 29.7 Å². The standard InChI is InChI=1S/C26H25NO8/c1-11(28)18-23(31)21(27(2)3)15-10-12-9-14-13(17-5-4-8-35-17)6-7-16(29)20(14)22(30)19(12)25(33)26(15,34)24(18)32/h4-8,12,15,21,29-30,32,34H,9-10H2,1-3H3/t12-,15-,21-,26+/m0/s1. The monoisotopic (exact) mass is 479 g/mol. The van der Waals surface area contributed by atoms with Gasteiger partial charge in [0.2, 0.25) is 5.78 Å². The predicted octanol–water partition coefficient (Wildman–Crippen LogP) is 2.33. The molecule has 9 nitrogen and oxygen atoms in total. The smallest absolute Gasteiger partial charge is 0.202 e. The van der Waals surface area contributed by atoms with Crippen molar-refractivity contribution in [3.05, 3.63) is 58.6 Å². The summed E-state index contributed by atoms with van der Waals surface area (Å²) < 4.78 is 5.52. The van der Waals surface area contributed by atoms with E-state index in [2.05, 4.69) is 0 Å². The van der Waals surface area contributed by atoms with E-state index >= 15 is 0 Å². The Labute approximate surface area is 200 Å². The van der Waals surface area contributed by atoms with Crippen molar-refractivity contribution in [1.29, 1.82) is 0 Å². The summed E-state index contributed by atoms with van der Waals surface area (Å²) in [5, 5.41) is 44.4. The molecule has 1 aromatic carbocycles. The molecule has 35 heavy (non-hydrogen) atoms. The van der Waals surface area contributed by atoms with Crippen LogP contribution in [-0.4, -0.2) is 68.4 Å². The molecule has 1 fully saturated rings. The lowest BCUT2D eigenvalue weighted by atomic mass is 9.57. The number of likely N-dealkylation sites (N-methyl/N-ethyl adjacent to an activating group) is 1. The van der Waals surface area contributed by atoms with Crippen molar-refractivity contribution in [3.63, 3.8) is 0 Å². The molecule has 1 heterocycles. The average molecular weight is 479 g/mol. The summed E-state index contributed by atoms with van der Waals surface area (Å²) in [5.74, 6) is -5.32. The van der Waals surface area contributed by atoms with Crippen molar-refractivity contribution in [2.24, 2.45) is 11.8 Å². The molecular weight excluding hydrogens is 454 g/mol. The number of rotatable bonds is 3. The second kappa shape index (κ2) is 7.66. The Hall–Kier alpha value is -3.69. The molecule has 9 heteroatoms. The minimum Gasteiger partial charge on any atom is -0.508 e. The largest absolute Gasteiger partial charge is 0.508 e. The fraction of sp³-hybridized carbons (Fsp3) is 0.346. The van der Waals surface area contributed by atoms with Crippen LogP contribution in [0.25, 0.3) is 17.1 Å². The molecule has 0 unspecified atom stereocenters. The number of aliphatic hydroxyl groups excluding tert-OH is 2. The number of phenols is 1. The molecule has 0 saturated heterocycles. The highest BCUT2D eigenvalue weighted by Gasteiger charge is 2.64. The molecule has 4 atom stereocenters. The zero-order chi connectivity index (χ0) is 25.4. The van der Waals surface area contributed by atoms with E-state index in [0.29, 0.717) is 16.9 Å². The number of aliphatic hydroxyl groups is 3. The summed E-state index contributed by atoms with van der Waals surface area (Å²) in [5.41, 5.74) is -2.09. The van der Waals surface area contributed by atoms with E-state index < -0.39 is 57.9 Å². The number of Topliss-reactive ketones (excluding diaryl/α,β-unsaturated/α-hetero) is 3. The maximum atomic E-state index is 13.8. The van der Waals surface area contributed by atoms with Gasteiger partial charge in [-0.25, -0.2) is 0 Å². The first-order valence-electron chi connectivity index (χ1n) is 11.2. The van der Waals surface area contributed by atoms with Crippen LogP contribution in [0.3, 0.4) is 0 Å². The second-order valence-corrected chi connectivity index (χ2v) is 9.62. The molecule has 0 spiro atoms. The van der Waals surface area contributed by atoms with Crippen LogP contribution in [-0.2, 0) is 20.8 Å². The number of hydrogen-bond donors (Lipinski definition) is 4. The first-order valence-corrected chi connectivity index (χ1v) is 11.2. The van der Waals surface area contributed by atoms with Gasteiger partial charge < -0.3 is 24.8 Å². The third-order valence-electron chi connectivity index (χ3n) is 7.50. The summed E-state index contributed by atoms with van der Waals surface area (Å²) in [6.07, 6.45) is 1.79. The number of nitrogens with zero attached hydrogens (tertiary/aromatic N) is 1. The Kier molecular flexibility index (Phi) is 5.05. The van der Waals surface area contributed by atoms with E-state index in [1.165, 1.54) is 17.2 Å². The van der Waals surface area contributed by atoms with E-state index in [9.17, 15) is 34.8 Å². The summed E-state index contributed by atoms with van der Waals surface area (Å²) >= 11 is 0. The summed E-state index contributed by atoms with van der Waals surface area (Å²) in [7, 11) is 3.19. The van der Waals surface area contributed by atoms with Crippen molar-refractivity contribution in [1.82, 2.24) is 4.90 Å². The summed E-state index contributed by atoms with van der Waals surface area (Å²) in [6, 6.07) is 5.44. The Morgan fingerprint density at radius 2 is 1.86 bits per heavy atom. The number of fused-ring (bicyclic) bond motifs is 3. The molecule has 0 amide bonds. The minimum absolute atomic E-state index is 0.0480. The van der Waals surface area contributed by atoms with Crippen LogP contribution in [0.1, 0.15) is 24.5 Å². The molecule has 182 valence electrons. The maximum absolute atomic E-state index is 13.8. The van der Waals surface area contributed by atoms with Gasteiger partial charge in [0, 0.05) is 17.1 Å². The van der Waals surface area contributed by atoms with Crippen LogP contribution < -0.4 is 0 Å². The van der Waals surface area contributed by atoms with Crippen molar-refractivity contribution in [2.75, 3.05) is 14.1 Å². The molecule has 0 aliphatic heterocycles. The Morgan fingerprint density at radius 1 is 1.14 bits per heavy atom. The number of phenolic OH excluding ortho intramolecular Hbond substituents is 1. The molecule has 0 bridgehead atoms. The van der Waals surface area contributed by atoms with Crippen LogP contribution in [0.5, 0.6) is 5.75 Å². The number of ketones is 3. The van der Waals surface area contributed by atoms with E-state index in [0.717, 1.165) is 6.92 Å². The minimum atomic E-state index is -2.57. The Bertz CT molecular complexity index is 1350. The number of carbonyl (C=O) groups excluding carboxylic acids is 3. The van der Waals surface area contributed by atoms with Gasteiger partial charge in [-0.1, -0.05) is 0 Å². The van der Waals surface area contributed by atoms with Crippen LogP contribution in [0.4, 0.5) is 0 Å². The van der Waals surface area contributed by atoms with Crippen LogP contribution in [0.15, 0.2) is 51.9 Å². The predicted molar refractivity (Wildman–Crippen MR) is 123 cm³/mol. The highest BCUT2D eigenvalue weighted by Crippen LogP contribution is 2.53. The first-order chi connectivity index (χ1) is 16.5. The molecule has 4 N–H and O–H groups in total. The molecule has 3 aliphatic carbocycles. The topological polar surface area (TPSA) is 149 Å². The Morgan fingerprint density at radius 3 is 2.46 bits per heavy atom. The van der Waals surface area contributed by atoms with Gasteiger partial charge in [-0.2, -0.15) is 0 Å². The van der Waals surface area contributed by atoms with Gasteiger partial charge in [-0.05, 0) is 69.6 Å². The lowest BCUT2D eigenvalue weighted by molar-refractivity contribution is -0.153. The molecular formula is C26H25NO8. The second-order valence-electron chi connectivity index (χ2n) is 9.62. The maximum Gasteiger partial charge on any atom is 0.202 e. The average Bonchev–Trinajstić information content (AvgIpc) is 3.30. The number of hydrogen-bond acceptors (Lipinski definition) is 9. The Balaban J connectivity index is 1.75. The molecule has 3 aliphatic rings. The fourth-order valence-electron chi connectivity index (χ4n) is 6.01. The molecule has 0 radical (unpaired) electrons. The summed E-state index contributed by atoms with van der Waals surface area (Å²) in [6.45, 7) is 1.08. The summed E-state index contributed by atoms with van der Waals surface area (Å²) in [4.78, 5) is 40.8. The normalized spacial score (nSPS) is 28.2. The lowest BCUT2D eigenvalue weighted by Crippen LogP contribution is -2.65. The van der Waals surface area contributed by atoms with Crippen LogP contribution in [0, 0.1) is 11.8 Å². The van der Waals surface area contributed by atoms with Gasteiger partial charge in [-0.15, -0.1) is 0 Å². The zero-order valence-corrected chi connectivity index (χ0v) is 19.4. The molecule has 5 rings (SSSR count). The van der Waals surface area contributed by atoms with Gasteiger partial charge in [-0.3, -0.25) is 19.3 Å². The molecule has 1 aromatic heterocycles. The van der Waals surface area contributed by atoms with Gasteiger partial charge >= 0.3 is 0 Å². The number of benzene rings is 1. The van der Waals surface area contributed by atoms with Gasteiger partial charge in [0.05, 0.1) is 17.9 Å². The molecule has 1 saturated carbocycles. The van der Waals surface area contributed by atoms with Crippen LogP contribution in [0.2, 0.25) is 0 Å². The van der Waals surface area contributed by atoms with Crippen LogP contribution >= 0.6 is 0 Å². The zero-order valence-electron chi connectivity index (χ0n) is 19.4. The van der Waals surface area contributed by atoms with Crippen molar-refractivity contribution >= 4 is 23.1 Å². The quantitative estimate of drug-likeness (QED) is 0.487. The highest BCUT2D eigenvalue weighted by molar-refractivity contribution is 6.25. The third-order valence-corrected chi connectivity index (χ3v) is 7.50. The van der Waals surface area contributed by atoms with Gasteiger partial charge in [0.25, 0.3) is 0 Å². The van der Waals surface area contributed by atoms with E-state index in [4.69, 9.17) is 4.42 Å². The van der Waals surface area contributed by atoms with E-state index in [1.807, 2.05) is 0 Å². The number of carbonyl (C=O) groups is 3. The number of furan rings is 1. The molecule has 2 aromatic rings. The lowest BCUT2D eigenvalue weighted by Gasteiger charge is -2.50. The third kappa shape index (κ3) is 2.98.